The highest BCUT2D eigenvalue weighted by Crippen LogP contribution is 2.26. The number of aromatic nitrogens is 2. The molecule has 2 aliphatic heterocycles. The van der Waals surface area contributed by atoms with Crippen LogP contribution in [0.4, 0.5) is 0 Å². The molecule has 5 nitrogen and oxygen atoms in total. The number of fused-ring (bicyclic) bond motifs is 1. The smallest absolute Gasteiger partial charge is 0.122 e. The number of para-hydroxylation sites is 1. The predicted molar refractivity (Wildman–Crippen MR) is 89.3 cm³/mol. The minimum atomic E-state index is 0.315. The van der Waals surface area contributed by atoms with E-state index in [1.54, 1.807) is 0 Å². The highest BCUT2D eigenvalue weighted by Gasteiger charge is 2.37. The van der Waals surface area contributed by atoms with E-state index in [0.717, 1.165) is 50.7 Å². The maximum atomic E-state index is 6.15. The van der Waals surface area contributed by atoms with Crippen LogP contribution in [0.3, 0.4) is 0 Å². The molecule has 23 heavy (non-hydrogen) atoms. The Morgan fingerprint density at radius 1 is 1.17 bits per heavy atom. The molecule has 5 heteroatoms. The monoisotopic (exact) mass is 312 g/mol. The van der Waals surface area contributed by atoms with Crippen molar-refractivity contribution in [1.82, 2.24) is 19.4 Å². The lowest BCUT2D eigenvalue weighted by atomic mass is 10.1. The lowest BCUT2D eigenvalue weighted by molar-refractivity contribution is 0.0954. The molecule has 0 radical (unpaired) electrons. The summed E-state index contributed by atoms with van der Waals surface area (Å²) in [5.74, 6) is 2.13. The second-order valence-electron chi connectivity index (χ2n) is 6.63. The van der Waals surface area contributed by atoms with Crippen molar-refractivity contribution in [3.05, 3.63) is 48.5 Å². The second kappa shape index (κ2) is 6.34. The summed E-state index contributed by atoms with van der Waals surface area (Å²) in [5, 5.41) is 0. The van der Waals surface area contributed by atoms with Gasteiger partial charge in [0, 0.05) is 58.1 Å². The van der Waals surface area contributed by atoms with E-state index >= 15 is 0 Å². The van der Waals surface area contributed by atoms with E-state index in [-0.39, 0.29) is 0 Å². The van der Waals surface area contributed by atoms with Crippen LogP contribution < -0.4 is 4.74 Å². The average molecular weight is 312 g/mol. The Bertz CT molecular complexity index is 641. The van der Waals surface area contributed by atoms with Crippen LogP contribution in [0.25, 0.3) is 0 Å². The maximum absolute atomic E-state index is 6.15. The van der Waals surface area contributed by atoms with Gasteiger partial charge in [-0.2, -0.15) is 0 Å². The van der Waals surface area contributed by atoms with Gasteiger partial charge in [-0.3, -0.25) is 9.80 Å². The van der Waals surface area contributed by atoms with Crippen molar-refractivity contribution < 1.29 is 4.74 Å². The van der Waals surface area contributed by atoms with Crippen LogP contribution in [0.1, 0.15) is 12.2 Å². The van der Waals surface area contributed by atoms with Crippen LogP contribution in [0.5, 0.6) is 5.75 Å². The van der Waals surface area contributed by atoms with E-state index in [1.165, 1.54) is 0 Å². The predicted octanol–water partition coefficient (Wildman–Crippen LogP) is 1.76. The lowest BCUT2D eigenvalue weighted by Crippen LogP contribution is -2.49. The fraction of sp³-hybridized carbons (Fsp3) is 0.500. The van der Waals surface area contributed by atoms with Gasteiger partial charge in [-0.05, 0) is 12.1 Å². The zero-order valence-electron chi connectivity index (χ0n) is 13.6. The average Bonchev–Trinajstić information content (AvgIpc) is 3.14. The Balaban J connectivity index is 1.34. The molecule has 2 atom stereocenters. The summed E-state index contributed by atoms with van der Waals surface area (Å²) in [4.78, 5) is 9.56. The van der Waals surface area contributed by atoms with Gasteiger partial charge >= 0.3 is 0 Å². The van der Waals surface area contributed by atoms with Gasteiger partial charge in [-0.25, -0.2) is 4.98 Å². The summed E-state index contributed by atoms with van der Waals surface area (Å²) in [6, 6.07) is 10.8. The van der Waals surface area contributed by atoms with E-state index < -0.39 is 0 Å². The van der Waals surface area contributed by atoms with Gasteiger partial charge in [0.1, 0.15) is 17.7 Å². The molecular formula is C18H24N4O. The first-order chi connectivity index (χ1) is 11.3. The minimum Gasteiger partial charge on any atom is -0.489 e. The molecule has 3 heterocycles. The Morgan fingerprint density at radius 2 is 2.04 bits per heavy atom. The van der Waals surface area contributed by atoms with Crippen LogP contribution in [0, 0.1) is 0 Å². The fourth-order valence-electron chi connectivity index (χ4n) is 3.73. The Kier molecular flexibility index (Phi) is 4.06. The van der Waals surface area contributed by atoms with Crippen molar-refractivity contribution in [2.75, 3.05) is 26.2 Å². The molecule has 2 saturated heterocycles. The SMILES string of the molecule is Cn1ccnc1CN1CCN2C[C@H](Oc3ccccc3)C[C@H]2C1. The Labute approximate surface area is 137 Å². The largest absolute Gasteiger partial charge is 0.489 e. The number of nitrogens with zero attached hydrogens (tertiary/aromatic N) is 4. The first-order valence-electron chi connectivity index (χ1n) is 8.42. The first kappa shape index (κ1) is 14.7. The number of rotatable bonds is 4. The van der Waals surface area contributed by atoms with Crippen LogP contribution in [0.15, 0.2) is 42.7 Å². The van der Waals surface area contributed by atoms with Crippen molar-refractivity contribution in [1.29, 1.82) is 0 Å². The third-order valence-electron chi connectivity index (χ3n) is 4.99. The molecule has 0 unspecified atom stereocenters. The van der Waals surface area contributed by atoms with E-state index in [1.807, 2.05) is 42.7 Å². The van der Waals surface area contributed by atoms with Crippen molar-refractivity contribution in [2.45, 2.75) is 25.1 Å². The topological polar surface area (TPSA) is 33.5 Å². The summed E-state index contributed by atoms with van der Waals surface area (Å²) in [5.41, 5.74) is 0. The standard InChI is InChI=1S/C18H24N4O/c1-20-8-7-19-18(20)14-21-9-10-22-13-17(11-15(22)12-21)23-16-5-3-2-4-6-16/h2-8,15,17H,9-14H2,1H3/t15-,17+/m0/s1. The van der Waals surface area contributed by atoms with Crippen molar-refractivity contribution >= 4 is 0 Å². The molecule has 122 valence electrons. The normalized spacial score (nSPS) is 25.4. The molecule has 2 aromatic rings. The third-order valence-corrected chi connectivity index (χ3v) is 4.99. The number of aryl methyl sites for hydroxylation is 1. The van der Waals surface area contributed by atoms with Crippen molar-refractivity contribution in [3.8, 4) is 5.75 Å². The molecule has 0 N–H and O–H groups in total. The Morgan fingerprint density at radius 3 is 2.83 bits per heavy atom. The van der Waals surface area contributed by atoms with Gasteiger partial charge in [-0.1, -0.05) is 18.2 Å². The van der Waals surface area contributed by atoms with E-state index in [9.17, 15) is 0 Å². The number of ether oxygens (including phenoxy) is 1. The van der Waals surface area contributed by atoms with Crippen LogP contribution >= 0.6 is 0 Å². The molecule has 4 rings (SSSR count). The number of hydrogen-bond donors (Lipinski definition) is 0. The zero-order chi connectivity index (χ0) is 15.6. The molecule has 1 aromatic carbocycles. The molecule has 0 amide bonds. The van der Waals surface area contributed by atoms with Crippen LogP contribution in [-0.2, 0) is 13.6 Å². The maximum Gasteiger partial charge on any atom is 0.122 e. The van der Waals surface area contributed by atoms with Crippen LogP contribution in [0.2, 0.25) is 0 Å². The zero-order valence-corrected chi connectivity index (χ0v) is 13.6. The van der Waals surface area contributed by atoms with Crippen molar-refractivity contribution in [2.24, 2.45) is 7.05 Å². The molecular weight excluding hydrogens is 288 g/mol. The second-order valence-corrected chi connectivity index (χ2v) is 6.63. The van der Waals surface area contributed by atoms with Crippen molar-refractivity contribution in [3.63, 3.8) is 0 Å². The van der Waals surface area contributed by atoms with E-state index in [2.05, 4.69) is 26.4 Å². The molecule has 0 bridgehead atoms. The van der Waals surface area contributed by atoms with Gasteiger partial charge in [0.05, 0.1) is 6.54 Å². The molecule has 0 aliphatic carbocycles. The lowest BCUT2D eigenvalue weighted by Gasteiger charge is -2.36. The first-order valence-corrected chi connectivity index (χ1v) is 8.42. The Hall–Kier alpha value is -1.85. The molecule has 2 fully saturated rings. The molecule has 0 saturated carbocycles. The minimum absolute atomic E-state index is 0.315. The van der Waals surface area contributed by atoms with E-state index in [0.29, 0.717) is 12.1 Å². The quantitative estimate of drug-likeness (QED) is 0.861. The fourth-order valence-corrected chi connectivity index (χ4v) is 3.73. The molecule has 2 aliphatic rings. The van der Waals surface area contributed by atoms with Gasteiger partial charge in [0.2, 0.25) is 0 Å². The summed E-state index contributed by atoms with van der Waals surface area (Å²) in [6.07, 6.45) is 5.33. The highest BCUT2D eigenvalue weighted by molar-refractivity contribution is 5.21. The van der Waals surface area contributed by atoms with Gasteiger partial charge < -0.3 is 9.30 Å². The molecule has 1 aromatic heterocycles. The molecule has 0 spiro atoms. The van der Waals surface area contributed by atoms with Gasteiger partial charge in [-0.15, -0.1) is 0 Å². The summed E-state index contributed by atoms with van der Waals surface area (Å²) in [6.45, 7) is 5.35. The number of hydrogen-bond acceptors (Lipinski definition) is 4. The van der Waals surface area contributed by atoms with Crippen LogP contribution in [-0.4, -0.2) is 57.7 Å². The highest BCUT2D eigenvalue weighted by atomic mass is 16.5. The van der Waals surface area contributed by atoms with E-state index in [4.69, 9.17) is 4.74 Å². The summed E-state index contributed by atoms with van der Waals surface area (Å²) in [7, 11) is 2.07. The number of benzene rings is 1. The summed E-state index contributed by atoms with van der Waals surface area (Å²) >= 11 is 0. The summed E-state index contributed by atoms with van der Waals surface area (Å²) < 4.78 is 8.26. The number of imidazole rings is 1. The number of piperazine rings is 1. The van der Waals surface area contributed by atoms with Gasteiger partial charge in [0.15, 0.2) is 0 Å². The van der Waals surface area contributed by atoms with Gasteiger partial charge in [0.25, 0.3) is 0 Å². The third kappa shape index (κ3) is 3.26.